The molecule has 0 amide bonds. The Bertz CT molecular complexity index is 563. The standard InChI is InChI=1S/C12H15ClFN3Si/c1-18(2,3)8-17-7-12(15-16-17)10-5-4-9(13)6-11(10)14/h4-7H,8H2,1-3H3. The zero-order chi connectivity index (χ0) is 13.3. The number of rotatable bonds is 3. The van der Waals surface area contributed by atoms with Gasteiger partial charge in [0.2, 0.25) is 0 Å². The summed E-state index contributed by atoms with van der Waals surface area (Å²) in [5.41, 5.74) is 0.976. The fourth-order valence-electron chi connectivity index (χ4n) is 1.68. The van der Waals surface area contributed by atoms with Crippen LogP contribution >= 0.6 is 11.6 Å². The van der Waals surface area contributed by atoms with Crippen LogP contribution in [0.2, 0.25) is 24.7 Å². The molecule has 0 fully saturated rings. The molecule has 1 aromatic heterocycles. The molecule has 0 bridgehead atoms. The number of aromatic nitrogens is 3. The summed E-state index contributed by atoms with van der Waals surface area (Å²) in [5.74, 6) is -0.373. The first-order valence-electron chi connectivity index (χ1n) is 5.71. The van der Waals surface area contributed by atoms with E-state index in [0.717, 1.165) is 6.17 Å². The quantitative estimate of drug-likeness (QED) is 0.806. The van der Waals surface area contributed by atoms with Crippen LogP contribution in [0, 0.1) is 5.82 Å². The Kier molecular flexibility index (Phi) is 3.54. The molecule has 96 valence electrons. The lowest BCUT2D eigenvalue weighted by Gasteiger charge is -2.14. The molecule has 2 aromatic rings. The number of hydrogen-bond donors (Lipinski definition) is 0. The van der Waals surface area contributed by atoms with Gasteiger partial charge in [0, 0.05) is 16.8 Å². The Hall–Kier alpha value is -1.20. The van der Waals surface area contributed by atoms with E-state index in [1.807, 2.05) is 0 Å². The van der Waals surface area contributed by atoms with Crippen LogP contribution < -0.4 is 0 Å². The van der Waals surface area contributed by atoms with Crippen molar-refractivity contribution in [3.05, 3.63) is 35.2 Å². The van der Waals surface area contributed by atoms with E-state index in [1.165, 1.54) is 6.07 Å². The molecule has 0 spiro atoms. The van der Waals surface area contributed by atoms with E-state index >= 15 is 0 Å². The number of halogens is 2. The van der Waals surface area contributed by atoms with Gasteiger partial charge in [-0.25, -0.2) is 4.39 Å². The lowest BCUT2D eigenvalue weighted by atomic mass is 10.1. The van der Waals surface area contributed by atoms with Crippen LogP contribution in [0.5, 0.6) is 0 Å². The molecule has 0 aliphatic heterocycles. The van der Waals surface area contributed by atoms with E-state index in [1.54, 1.807) is 23.0 Å². The van der Waals surface area contributed by atoms with E-state index in [0.29, 0.717) is 16.3 Å². The lowest BCUT2D eigenvalue weighted by molar-refractivity contribution is 0.630. The molecule has 3 nitrogen and oxygen atoms in total. The van der Waals surface area contributed by atoms with Gasteiger partial charge in [0.25, 0.3) is 0 Å². The predicted octanol–water partition coefficient (Wildman–Crippen LogP) is 3.62. The van der Waals surface area contributed by atoms with Crippen molar-refractivity contribution >= 4 is 19.7 Å². The molecule has 0 aliphatic rings. The molecule has 0 N–H and O–H groups in total. The van der Waals surface area contributed by atoms with Gasteiger partial charge < -0.3 is 0 Å². The highest BCUT2D eigenvalue weighted by atomic mass is 35.5. The summed E-state index contributed by atoms with van der Waals surface area (Å²) < 4.78 is 15.5. The van der Waals surface area contributed by atoms with Gasteiger partial charge in [-0.1, -0.05) is 36.5 Å². The van der Waals surface area contributed by atoms with Crippen molar-refractivity contribution in [2.75, 3.05) is 0 Å². The van der Waals surface area contributed by atoms with Crippen LogP contribution in [0.15, 0.2) is 24.4 Å². The molecule has 18 heavy (non-hydrogen) atoms. The Morgan fingerprint density at radius 3 is 2.67 bits per heavy atom. The van der Waals surface area contributed by atoms with Crippen LogP contribution in [0.25, 0.3) is 11.3 Å². The number of benzene rings is 1. The molecule has 0 saturated carbocycles. The summed E-state index contributed by atoms with van der Waals surface area (Å²) >= 11 is 5.72. The highest BCUT2D eigenvalue weighted by molar-refractivity contribution is 6.74. The summed E-state index contributed by atoms with van der Waals surface area (Å²) in [5, 5.41) is 8.44. The first kappa shape index (κ1) is 13.2. The average molecular weight is 284 g/mol. The SMILES string of the molecule is C[Si](C)(C)Cn1cc(-c2ccc(Cl)cc2F)nn1. The first-order valence-corrected chi connectivity index (χ1v) is 9.79. The minimum atomic E-state index is -1.26. The van der Waals surface area contributed by atoms with Gasteiger partial charge in [-0.15, -0.1) is 5.10 Å². The topological polar surface area (TPSA) is 30.7 Å². The highest BCUT2D eigenvalue weighted by Crippen LogP contribution is 2.23. The summed E-state index contributed by atoms with van der Waals surface area (Å²) in [6, 6.07) is 4.56. The van der Waals surface area contributed by atoms with Crippen molar-refractivity contribution in [1.82, 2.24) is 15.0 Å². The molecule has 0 saturated heterocycles. The molecular weight excluding hydrogens is 269 g/mol. The zero-order valence-electron chi connectivity index (χ0n) is 10.6. The van der Waals surface area contributed by atoms with Gasteiger partial charge in [0.15, 0.2) is 0 Å². The molecular formula is C12H15ClFN3Si. The van der Waals surface area contributed by atoms with E-state index < -0.39 is 8.07 Å². The van der Waals surface area contributed by atoms with Gasteiger partial charge in [-0.05, 0) is 18.2 Å². The third kappa shape index (κ3) is 3.17. The molecule has 1 heterocycles. The smallest absolute Gasteiger partial charge is 0.134 e. The predicted molar refractivity (Wildman–Crippen MR) is 73.8 cm³/mol. The van der Waals surface area contributed by atoms with E-state index in [4.69, 9.17) is 11.6 Å². The largest absolute Gasteiger partial charge is 0.255 e. The number of nitrogens with zero attached hydrogens (tertiary/aromatic N) is 3. The van der Waals surface area contributed by atoms with Crippen molar-refractivity contribution in [2.24, 2.45) is 0 Å². The van der Waals surface area contributed by atoms with Crippen molar-refractivity contribution in [3.8, 4) is 11.3 Å². The minimum Gasteiger partial charge on any atom is -0.255 e. The van der Waals surface area contributed by atoms with Crippen LogP contribution in [0.3, 0.4) is 0 Å². The molecule has 0 aliphatic carbocycles. The van der Waals surface area contributed by atoms with E-state index in [9.17, 15) is 4.39 Å². The lowest BCUT2D eigenvalue weighted by Crippen LogP contribution is -2.28. The molecule has 1 aromatic carbocycles. The molecule has 2 rings (SSSR count). The van der Waals surface area contributed by atoms with Crippen molar-refractivity contribution < 1.29 is 4.39 Å². The highest BCUT2D eigenvalue weighted by Gasteiger charge is 2.16. The van der Waals surface area contributed by atoms with Gasteiger partial charge >= 0.3 is 0 Å². The molecule has 0 atom stereocenters. The van der Waals surface area contributed by atoms with Gasteiger partial charge in [0.05, 0.1) is 14.3 Å². The van der Waals surface area contributed by atoms with Crippen LogP contribution in [-0.2, 0) is 6.17 Å². The zero-order valence-corrected chi connectivity index (χ0v) is 12.4. The second-order valence-corrected chi connectivity index (χ2v) is 11.4. The second-order valence-electron chi connectivity index (χ2n) is 5.49. The molecule has 6 heteroatoms. The van der Waals surface area contributed by atoms with Crippen LogP contribution in [0.1, 0.15) is 0 Å². The average Bonchev–Trinajstić information content (AvgIpc) is 2.63. The fraction of sp³-hybridized carbons (Fsp3) is 0.333. The third-order valence-electron chi connectivity index (χ3n) is 2.38. The first-order chi connectivity index (χ1) is 8.35. The molecule has 0 unspecified atom stereocenters. The Morgan fingerprint density at radius 2 is 2.06 bits per heavy atom. The third-order valence-corrected chi connectivity index (χ3v) is 3.89. The van der Waals surface area contributed by atoms with Crippen LogP contribution in [-0.4, -0.2) is 23.1 Å². The van der Waals surface area contributed by atoms with Crippen molar-refractivity contribution in [3.63, 3.8) is 0 Å². The fourth-order valence-corrected chi connectivity index (χ4v) is 2.97. The summed E-state index contributed by atoms with van der Waals surface area (Å²) in [7, 11) is -1.26. The van der Waals surface area contributed by atoms with Gasteiger partial charge in [0.1, 0.15) is 11.5 Å². The summed E-state index contributed by atoms with van der Waals surface area (Å²) in [6.07, 6.45) is 2.65. The minimum absolute atomic E-state index is 0.373. The maximum absolute atomic E-state index is 13.7. The normalized spacial score (nSPS) is 11.8. The van der Waals surface area contributed by atoms with E-state index in [-0.39, 0.29) is 5.82 Å². The Balaban J connectivity index is 2.29. The monoisotopic (exact) mass is 283 g/mol. The van der Waals surface area contributed by atoms with E-state index in [2.05, 4.69) is 30.0 Å². The Morgan fingerprint density at radius 1 is 1.33 bits per heavy atom. The second kappa shape index (κ2) is 4.82. The summed E-state index contributed by atoms with van der Waals surface area (Å²) in [6.45, 7) is 6.74. The Labute approximate surface area is 112 Å². The maximum Gasteiger partial charge on any atom is 0.134 e. The molecule has 0 radical (unpaired) electrons. The van der Waals surface area contributed by atoms with Crippen LogP contribution in [0.4, 0.5) is 4.39 Å². The van der Waals surface area contributed by atoms with Gasteiger partial charge in [-0.2, -0.15) is 0 Å². The summed E-state index contributed by atoms with van der Waals surface area (Å²) in [4.78, 5) is 0. The number of hydrogen-bond acceptors (Lipinski definition) is 2. The van der Waals surface area contributed by atoms with Gasteiger partial charge in [-0.3, -0.25) is 4.68 Å². The van der Waals surface area contributed by atoms with Crippen molar-refractivity contribution in [2.45, 2.75) is 25.8 Å². The van der Waals surface area contributed by atoms with Crippen molar-refractivity contribution in [1.29, 1.82) is 0 Å². The maximum atomic E-state index is 13.7.